The van der Waals surface area contributed by atoms with Gasteiger partial charge in [0.1, 0.15) is 17.3 Å². The Morgan fingerprint density at radius 3 is 2.76 bits per heavy atom. The number of ether oxygens (including phenoxy) is 2. The number of anilines is 1. The van der Waals surface area contributed by atoms with Crippen molar-refractivity contribution < 1.29 is 28.2 Å². The van der Waals surface area contributed by atoms with E-state index in [1.54, 1.807) is 18.2 Å². The van der Waals surface area contributed by atoms with Gasteiger partial charge in [0, 0.05) is 37.7 Å². The largest absolute Gasteiger partial charge is 0.485 e. The number of rotatable bonds is 11. The van der Waals surface area contributed by atoms with Gasteiger partial charge in [-0.1, -0.05) is 11.6 Å². The molecule has 0 radical (unpaired) electrons. The second-order valence-electron chi connectivity index (χ2n) is 8.06. The van der Waals surface area contributed by atoms with Gasteiger partial charge in [0.15, 0.2) is 19.0 Å². The Kier molecular flexibility index (Phi) is 8.84. The highest BCUT2D eigenvalue weighted by atomic mass is 35.5. The number of carbonyl (C=O) groups is 3. The van der Waals surface area contributed by atoms with Crippen molar-refractivity contribution in [3.05, 3.63) is 52.8 Å². The van der Waals surface area contributed by atoms with Gasteiger partial charge in [0.2, 0.25) is 5.91 Å². The molecule has 0 atom stereocenters. The molecule has 2 amide bonds. The lowest BCUT2D eigenvalue weighted by atomic mass is 10.1. The van der Waals surface area contributed by atoms with E-state index in [-0.39, 0.29) is 48.0 Å². The number of likely N-dealkylation sites (N-methyl/N-ethyl adjacent to an activating group) is 1. The second-order valence-corrected chi connectivity index (χ2v) is 8.47. The maximum Gasteiger partial charge on any atom is 0.265 e. The Morgan fingerprint density at radius 1 is 1.24 bits per heavy atom. The highest BCUT2D eigenvalue weighted by Gasteiger charge is 2.26. The molecule has 0 saturated heterocycles. The molecule has 0 bridgehead atoms. The number of fused-ring (bicyclic) bond motifs is 1. The molecule has 0 saturated carbocycles. The Bertz CT molecular complexity index is 1060. The molecule has 182 valence electrons. The van der Waals surface area contributed by atoms with Gasteiger partial charge >= 0.3 is 0 Å². The molecule has 0 fully saturated rings. The first kappa shape index (κ1) is 25.5. The number of ketones is 1. The van der Waals surface area contributed by atoms with Crippen LogP contribution in [0.2, 0.25) is 5.02 Å². The predicted octanol–water partition coefficient (Wildman–Crippen LogP) is 2.92. The lowest BCUT2D eigenvalue weighted by Gasteiger charge is -2.29. The number of nitrogens with one attached hydrogen (secondary N) is 1. The zero-order valence-electron chi connectivity index (χ0n) is 19.1. The molecule has 0 unspecified atom stereocenters. The third-order valence-corrected chi connectivity index (χ3v) is 5.44. The molecule has 1 N–H and O–H groups in total. The fourth-order valence-corrected chi connectivity index (χ4v) is 3.50. The average Bonchev–Trinajstić information content (AvgIpc) is 2.80. The lowest BCUT2D eigenvalue weighted by molar-refractivity contribution is -0.122. The summed E-state index contributed by atoms with van der Waals surface area (Å²) >= 11 is 5.74. The van der Waals surface area contributed by atoms with Crippen molar-refractivity contribution in [2.75, 3.05) is 51.8 Å². The Hall–Kier alpha value is -3.17. The van der Waals surface area contributed by atoms with Gasteiger partial charge < -0.3 is 24.6 Å². The van der Waals surface area contributed by atoms with E-state index in [4.69, 9.17) is 21.1 Å². The summed E-state index contributed by atoms with van der Waals surface area (Å²) in [6, 6.07) is 8.63. The standard InChI is InChI=1S/C24H27ClFN3O5/c1-28(2)11-9-27-23(31)4-3-10-29-20-12-16(5-8-22(20)34-15-24(29)32)21(30)14-33-17-6-7-19(26)18(25)13-17/h5-8,12-13H,3-4,9-11,14-15H2,1-2H3,(H,27,31). The summed E-state index contributed by atoms with van der Waals surface area (Å²) < 4.78 is 24.2. The van der Waals surface area contributed by atoms with Gasteiger partial charge in [0.25, 0.3) is 5.91 Å². The minimum absolute atomic E-state index is 0.0789. The quantitative estimate of drug-likeness (QED) is 0.486. The van der Waals surface area contributed by atoms with E-state index >= 15 is 0 Å². The van der Waals surface area contributed by atoms with Crippen molar-refractivity contribution in [3.63, 3.8) is 0 Å². The van der Waals surface area contributed by atoms with Crippen LogP contribution in [0.25, 0.3) is 0 Å². The zero-order chi connectivity index (χ0) is 24.7. The maximum absolute atomic E-state index is 13.3. The normalized spacial score (nSPS) is 12.9. The van der Waals surface area contributed by atoms with Gasteiger partial charge in [-0.2, -0.15) is 0 Å². The van der Waals surface area contributed by atoms with Crippen molar-refractivity contribution >= 4 is 34.9 Å². The van der Waals surface area contributed by atoms with Crippen molar-refractivity contribution in [2.24, 2.45) is 0 Å². The predicted molar refractivity (Wildman–Crippen MR) is 126 cm³/mol. The van der Waals surface area contributed by atoms with Crippen molar-refractivity contribution in [3.8, 4) is 11.5 Å². The molecule has 34 heavy (non-hydrogen) atoms. The first-order valence-corrected chi connectivity index (χ1v) is 11.2. The van der Waals surface area contributed by atoms with Gasteiger partial charge in [-0.15, -0.1) is 0 Å². The van der Waals surface area contributed by atoms with Crippen LogP contribution < -0.4 is 19.7 Å². The number of benzene rings is 2. The molecule has 0 spiro atoms. The van der Waals surface area contributed by atoms with Crippen LogP contribution in [0, 0.1) is 5.82 Å². The summed E-state index contributed by atoms with van der Waals surface area (Å²) in [6.45, 7) is 1.23. The zero-order valence-corrected chi connectivity index (χ0v) is 19.9. The molecule has 10 heteroatoms. The van der Waals surface area contributed by atoms with E-state index in [9.17, 15) is 18.8 Å². The molecular formula is C24H27ClFN3O5. The molecule has 3 rings (SSSR count). The topological polar surface area (TPSA) is 88.2 Å². The average molecular weight is 492 g/mol. The van der Waals surface area contributed by atoms with E-state index in [0.717, 1.165) is 12.6 Å². The van der Waals surface area contributed by atoms with Crippen LogP contribution in [0.5, 0.6) is 11.5 Å². The Balaban J connectivity index is 1.60. The van der Waals surface area contributed by atoms with Crippen LogP contribution in [0.4, 0.5) is 10.1 Å². The number of Topliss-reactive ketones (excluding diaryl/α,β-unsaturated/α-hetero) is 1. The van der Waals surface area contributed by atoms with E-state index in [0.29, 0.717) is 36.5 Å². The van der Waals surface area contributed by atoms with Gasteiger partial charge in [-0.25, -0.2) is 4.39 Å². The number of halogens is 2. The molecule has 8 nitrogen and oxygen atoms in total. The van der Waals surface area contributed by atoms with E-state index in [2.05, 4.69) is 5.32 Å². The monoisotopic (exact) mass is 491 g/mol. The van der Waals surface area contributed by atoms with Gasteiger partial charge in [-0.3, -0.25) is 14.4 Å². The van der Waals surface area contributed by atoms with E-state index < -0.39 is 5.82 Å². The first-order chi connectivity index (χ1) is 16.2. The second kappa shape index (κ2) is 11.8. The molecular weight excluding hydrogens is 465 g/mol. The Labute approximate surface area is 202 Å². The fourth-order valence-electron chi connectivity index (χ4n) is 3.32. The molecule has 2 aromatic rings. The number of carbonyl (C=O) groups excluding carboxylic acids is 3. The van der Waals surface area contributed by atoms with E-state index in [1.165, 1.54) is 17.0 Å². The Morgan fingerprint density at radius 2 is 2.03 bits per heavy atom. The van der Waals surface area contributed by atoms with Gasteiger partial charge in [-0.05, 0) is 50.8 Å². The summed E-state index contributed by atoms with van der Waals surface area (Å²) in [7, 11) is 3.86. The molecule has 0 aliphatic carbocycles. The molecule has 1 heterocycles. The van der Waals surface area contributed by atoms with Gasteiger partial charge in [0.05, 0.1) is 10.7 Å². The fraction of sp³-hybridized carbons (Fsp3) is 0.375. The summed E-state index contributed by atoms with van der Waals surface area (Å²) in [5.41, 5.74) is 0.802. The van der Waals surface area contributed by atoms with Crippen LogP contribution in [0.3, 0.4) is 0 Å². The van der Waals surface area contributed by atoms with Crippen molar-refractivity contribution in [2.45, 2.75) is 12.8 Å². The van der Waals surface area contributed by atoms with Crippen LogP contribution in [0.1, 0.15) is 23.2 Å². The SMILES string of the molecule is CN(C)CCNC(=O)CCCN1C(=O)COc2ccc(C(=O)COc3ccc(F)c(Cl)c3)cc21. The van der Waals surface area contributed by atoms with Crippen molar-refractivity contribution in [1.29, 1.82) is 0 Å². The number of amides is 2. The van der Waals surface area contributed by atoms with Crippen LogP contribution in [-0.4, -0.2) is 69.4 Å². The van der Waals surface area contributed by atoms with E-state index in [1.807, 2.05) is 19.0 Å². The summed E-state index contributed by atoms with van der Waals surface area (Å²) in [6.07, 6.45) is 0.742. The van der Waals surface area contributed by atoms with Crippen LogP contribution in [-0.2, 0) is 9.59 Å². The minimum atomic E-state index is -0.578. The molecule has 2 aromatic carbocycles. The summed E-state index contributed by atoms with van der Waals surface area (Å²) in [4.78, 5) is 40.7. The third kappa shape index (κ3) is 6.91. The summed E-state index contributed by atoms with van der Waals surface area (Å²) in [5.74, 6) is -0.487. The van der Waals surface area contributed by atoms with Crippen molar-refractivity contribution in [1.82, 2.24) is 10.2 Å². The van der Waals surface area contributed by atoms with Crippen LogP contribution in [0.15, 0.2) is 36.4 Å². The minimum Gasteiger partial charge on any atom is -0.485 e. The smallest absolute Gasteiger partial charge is 0.265 e. The highest BCUT2D eigenvalue weighted by Crippen LogP contribution is 2.33. The van der Waals surface area contributed by atoms with Crippen LogP contribution >= 0.6 is 11.6 Å². The molecule has 1 aliphatic heterocycles. The lowest BCUT2D eigenvalue weighted by Crippen LogP contribution is -2.40. The number of hydrogen-bond acceptors (Lipinski definition) is 6. The highest BCUT2D eigenvalue weighted by molar-refractivity contribution is 6.30. The molecule has 0 aromatic heterocycles. The maximum atomic E-state index is 13.3. The molecule has 1 aliphatic rings. The third-order valence-electron chi connectivity index (χ3n) is 5.15. The number of nitrogens with zero attached hydrogens (tertiary/aromatic N) is 2. The number of hydrogen-bond donors (Lipinski definition) is 1. The first-order valence-electron chi connectivity index (χ1n) is 10.8. The summed E-state index contributed by atoms with van der Waals surface area (Å²) in [5, 5.41) is 2.74.